The fourth-order valence-corrected chi connectivity index (χ4v) is 10.3. The van der Waals surface area contributed by atoms with E-state index in [1.807, 2.05) is 24.5 Å². The number of unbranched alkanes of at least 4 members (excludes halogenated alkanes) is 4. The van der Waals surface area contributed by atoms with Crippen LogP contribution in [-0.2, 0) is 45.2 Å². The first-order valence-electron chi connectivity index (χ1n) is 31.8. The standard InChI is InChI=1S/C66H70N4.C12H8N2O4.2CNS.Ru/c1-5-9-13-51-21-33-59(34-22-51)69(60-35-23-52(24-36-60)14-10-6-2)63-41-29-55(30-42-63)17-19-57-45-47-67-65(49-57)66-50-58(46-48-68-66)20-18-56-31-43-64(44-32-56)70(61-37-25-53(26-38-61)15-11-7-3)62-39-27-54(28-40-62)16-12-8-4;15-11(16)7-1-3-13-9(5-7)10-6-8(12(17)18)2-4-14-10;2*2-1-3;/h17-50H,5-16H2,1-4H3;1-6H,(H,15,16)(H,17,18);;;/q;;2*-1;+2/b19-17+,20-18+;;;;. The Morgan fingerprint density at radius 2 is 0.589 bits per heavy atom. The van der Waals surface area contributed by atoms with Crippen molar-refractivity contribution in [2.24, 2.45) is 0 Å². The van der Waals surface area contributed by atoms with E-state index < -0.39 is 11.9 Å². The first-order chi connectivity index (χ1) is 45.9. The summed E-state index contributed by atoms with van der Waals surface area (Å²) in [4.78, 5) is 43.8. The number of anilines is 6. The summed E-state index contributed by atoms with van der Waals surface area (Å²) in [5.74, 6) is -2.15. The van der Waals surface area contributed by atoms with Gasteiger partial charge in [-0.1, -0.05) is 175 Å². The van der Waals surface area contributed by atoms with Crippen LogP contribution in [0, 0.1) is 0 Å². The van der Waals surface area contributed by atoms with Crippen LogP contribution in [0.3, 0.4) is 0 Å². The van der Waals surface area contributed by atoms with Crippen LogP contribution in [0.2, 0.25) is 0 Å². The molecule has 0 saturated carbocycles. The number of nitrogens with zero attached hydrogens (tertiary/aromatic N) is 8. The fraction of sp³-hybridized carbons (Fsp3) is 0.200. The van der Waals surface area contributed by atoms with Gasteiger partial charge in [-0.3, -0.25) is 19.9 Å². The Balaban J connectivity index is 0.000000481. The van der Waals surface area contributed by atoms with Crippen molar-refractivity contribution in [3.05, 3.63) is 285 Å². The monoisotopic (exact) mass is 1380 g/mol. The van der Waals surface area contributed by atoms with Crippen molar-refractivity contribution in [3.63, 3.8) is 0 Å². The van der Waals surface area contributed by atoms with Crippen LogP contribution in [-0.4, -0.2) is 52.4 Å². The maximum atomic E-state index is 10.8. The average molecular weight is 1380 g/mol. The molecule has 0 atom stereocenters. The number of carboxylic acid groups (broad SMARTS) is 2. The van der Waals surface area contributed by atoms with Crippen molar-refractivity contribution in [2.45, 2.75) is 105 Å². The molecule has 482 valence electrons. The molecule has 2 N–H and O–H groups in total. The van der Waals surface area contributed by atoms with Gasteiger partial charge in [-0.05, 0) is 217 Å². The number of aromatic carboxylic acids is 2. The fourth-order valence-electron chi connectivity index (χ4n) is 10.3. The van der Waals surface area contributed by atoms with Gasteiger partial charge in [0.15, 0.2) is 0 Å². The zero-order valence-electron chi connectivity index (χ0n) is 54.0. The van der Waals surface area contributed by atoms with Crippen LogP contribution in [0.25, 0.3) is 57.9 Å². The van der Waals surface area contributed by atoms with E-state index >= 15 is 0 Å². The Labute approximate surface area is 583 Å². The molecule has 10 aromatic rings. The summed E-state index contributed by atoms with van der Waals surface area (Å²) in [5.41, 5.74) is 19.3. The maximum absolute atomic E-state index is 10.8. The number of isothiocyanates is 2. The minimum atomic E-state index is -1.08. The summed E-state index contributed by atoms with van der Waals surface area (Å²) in [6, 6.07) is 67.8. The molecule has 6 aromatic carbocycles. The van der Waals surface area contributed by atoms with Crippen molar-refractivity contribution < 1.29 is 39.3 Å². The number of rotatable bonds is 26. The topological polar surface area (TPSA) is 177 Å². The Bertz CT molecular complexity index is 3760. The average Bonchev–Trinajstić information content (AvgIpc) is 0.829. The molecule has 0 saturated heterocycles. The molecule has 10 rings (SSSR count). The van der Waals surface area contributed by atoms with E-state index in [4.69, 9.17) is 31.0 Å². The summed E-state index contributed by atoms with van der Waals surface area (Å²) >= 11 is 7.40. The number of aromatic nitrogens is 4. The van der Waals surface area contributed by atoms with Gasteiger partial charge in [0.1, 0.15) is 0 Å². The molecule has 0 fully saturated rings. The molecule has 12 nitrogen and oxygen atoms in total. The third-order valence-corrected chi connectivity index (χ3v) is 15.4. The van der Waals surface area contributed by atoms with E-state index in [0.29, 0.717) is 11.4 Å². The smallest absolute Gasteiger partial charge is 0.753 e. The van der Waals surface area contributed by atoms with Gasteiger partial charge < -0.3 is 30.8 Å². The zero-order chi connectivity index (χ0) is 66.9. The summed E-state index contributed by atoms with van der Waals surface area (Å²) in [7, 11) is 0. The summed E-state index contributed by atoms with van der Waals surface area (Å²) < 4.78 is 0. The number of hydrogen-bond acceptors (Lipinski definition) is 10. The van der Waals surface area contributed by atoms with Gasteiger partial charge in [-0.15, -0.1) is 0 Å². The second-order valence-electron chi connectivity index (χ2n) is 22.2. The molecule has 95 heavy (non-hydrogen) atoms. The van der Waals surface area contributed by atoms with Crippen molar-refractivity contribution >= 4 is 105 Å². The van der Waals surface area contributed by atoms with Crippen LogP contribution < -0.4 is 9.80 Å². The van der Waals surface area contributed by atoms with Crippen LogP contribution >= 0.6 is 24.4 Å². The van der Waals surface area contributed by atoms with Crippen molar-refractivity contribution in [1.82, 2.24) is 19.9 Å². The number of carbonyl (C=O) groups is 2. The van der Waals surface area contributed by atoms with Gasteiger partial charge in [0.05, 0.1) is 33.9 Å². The van der Waals surface area contributed by atoms with Crippen LogP contribution in [0.4, 0.5) is 34.1 Å². The number of aryl methyl sites for hydroxylation is 4. The molecule has 0 unspecified atom stereocenters. The Morgan fingerprint density at radius 3 is 0.832 bits per heavy atom. The summed E-state index contributed by atoms with van der Waals surface area (Å²) in [5, 5.41) is 34.6. The van der Waals surface area contributed by atoms with E-state index in [9.17, 15) is 9.59 Å². The van der Waals surface area contributed by atoms with Crippen molar-refractivity contribution in [1.29, 1.82) is 0 Å². The normalized spacial score (nSPS) is 10.5. The Morgan fingerprint density at radius 1 is 0.368 bits per heavy atom. The molecular weight excluding hydrogens is 1300 g/mol. The van der Waals surface area contributed by atoms with Crippen molar-refractivity contribution in [2.75, 3.05) is 9.80 Å². The number of pyridine rings is 4. The molecular formula is C80H78N8O4RuS2. The molecule has 0 aliphatic rings. The van der Waals surface area contributed by atoms with Gasteiger partial charge >= 0.3 is 31.4 Å². The SMILES string of the molecule is CCCCc1ccc(N(c2ccc(/C=C/c3ccnc(-c4cc(/C=C/c5ccc(N(c6ccc(CCCC)cc6)c6ccc(CCCC)cc6)cc5)ccn4)c3)cc2)c2ccc(CCCC)cc2)cc1.O=C(O)c1ccnc(-c2cc(C(=O)O)ccn2)c1.[N-]=C=S.[N-]=C=S.[Ru+2]. The molecule has 4 heterocycles. The third-order valence-electron chi connectivity index (χ3n) is 15.4. The third kappa shape index (κ3) is 23.3. The van der Waals surface area contributed by atoms with E-state index in [2.05, 4.69) is 254 Å². The summed E-state index contributed by atoms with van der Waals surface area (Å²) in [6.45, 7) is 9.01. The number of thiocarbonyl (C=S) groups is 2. The summed E-state index contributed by atoms with van der Waals surface area (Å²) in [6.07, 6.45) is 29.2. The van der Waals surface area contributed by atoms with Gasteiger partial charge in [0.25, 0.3) is 0 Å². The first kappa shape index (κ1) is 74.2. The molecule has 0 amide bonds. The molecule has 0 aliphatic carbocycles. The Kier molecular flexibility index (Phi) is 31.5. The molecule has 0 bridgehead atoms. The molecule has 0 aliphatic heterocycles. The second kappa shape index (κ2) is 40.3. The predicted octanol–water partition coefficient (Wildman–Crippen LogP) is 21.6. The predicted molar refractivity (Wildman–Crippen MR) is 395 cm³/mol. The quantitative estimate of drug-likeness (QED) is 0.0298. The van der Waals surface area contributed by atoms with E-state index in [0.717, 1.165) is 93.4 Å². The molecule has 0 radical (unpaired) electrons. The van der Waals surface area contributed by atoms with Crippen molar-refractivity contribution in [3.8, 4) is 22.8 Å². The van der Waals surface area contributed by atoms with Gasteiger partial charge in [0, 0.05) is 58.9 Å². The number of benzene rings is 6. The molecule has 4 aromatic heterocycles. The van der Waals surface area contributed by atoms with Crippen LogP contribution in [0.5, 0.6) is 0 Å². The number of hydrogen-bond donors (Lipinski definition) is 2. The van der Waals surface area contributed by atoms with Gasteiger partial charge in [-0.25, -0.2) is 9.59 Å². The first-order valence-corrected chi connectivity index (χ1v) is 32.6. The van der Waals surface area contributed by atoms with Crippen LogP contribution in [0.15, 0.2) is 219 Å². The second-order valence-corrected chi connectivity index (χ2v) is 22.6. The largest absolute Gasteiger partial charge is 2.00 e. The zero-order valence-corrected chi connectivity index (χ0v) is 57.4. The van der Waals surface area contributed by atoms with Gasteiger partial charge in [-0.2, -0.15) is 10.3 Å². The number of carboxylic acids is 2. The van der Waals surface area contributed by atoms with E-state index in [1.54, 1.807) is 0 Å². The maximum Gasteiger partial charge on any atom is 2.00 e. The molecule has 0 spiro atoms. The van der Waals surface area contributed by atoms with E-state index in [1.165, 1.54) is 121 Å². The van der Waals surface area contributed by atoms with Gasteiger partial charge in [0.2, 0.25) is 0 Å². The van der Waals surface area contributed by atoms with Crippen LogP contribution in [0.1, 0.15) is 144 Å². The molecule has 15 heteroatoms. The minimum absolute atomic E-state index is 0. The van der Waals surface area contributed by atoms with E-state index in [-0.39, 0.29) is 30.6 Å². The Hall–Kier alpha value is -9.84. The minimum Gasteiger partial charge on any atom is -0.753 e.